The lowest BCUT2D eigenvalue weighted by molar-refractivity contribution is -0.137. The van der Waals surface area contributed by atoms with E-state index in [-0.39, 0.29) is 0 Å². The summed E-state index contributed by atoms with van der Waals surface area (Å²) in [6, 6.07) is 4.09. The third-order valence-corrected chi connectivity index (χ3v) is 3.50. The van der Waals surface area contributed by atoms with Crippen LogP contribution in [0.25, 0.3) is 6.08 Å². The van der Waals surface area contributed by atoms with E-state index in [0.717, 1.165) is 56.5 Å². The number of unbranched alkanes of at least 4 members (excludes halogenated alkanes) is 6. The van der Waals surface area contributed by atoms with Gasteiger partial charge in [-0.2, -0.15) is 0 Å². The molecule has 0 bridgehead atoms. The Bertz CT molecular complexity index is 418. The minimum absolute atomic E-state index is 0.298. The molecule has 3 nitrogen and oxygen atoms in total. The Kier molecular flexibility index (Phi) is 9.34. The highest BCUT2D eigenvalue weighted by Gasteiger charge is 2.00. The van der Waals surface area contributed by atoms with E-state index in [1.54, 1.807) is 0 Å². The molecule has 0 spiro atoms. The number of aliphatic carboxylic acids is 1. The normalized spacial score (nSPS) is 11.3. The second-order valence-electron chi connectivity index (χ2n) is 5.51. The molecule has 0 amide bonds. The van der Waals surface area contributed by atoms with Gasteiger partial charge in [-0.05, 0) is 37.5 Å². The number of carbonyl (C=O) groups is 1. The van der Waals surface area contributed by atoms with Gasteiger partial charge in [0.15, 0.2) is 0 Å². The van der Waals surface area contributed by atoms with E-state index in [1.807, 2.05) is 6.07 Å². The van der Waals surface area contributed by atoms with Gasteiger partial charge in [-0.25, -0.2) is 0 Å². The first-order valence-electron chi connectivity index (χ1n) is 8.19. The van der Waals surface area contributed by atoms with Crippen molar-refractivity contribution in [2.75, 3.05) is 0 Å². The summed E-state index contributed by atoms with van der Waals surface area (Å²) in [4.78, 5) is 10.4. The number of carboxylic acid groups (broad SMARTS) is 1. The van der Waals surface area contributed by atoms with Crippen LogP contribution in [0.5, 0.6) is 0 Å². The molecule has 0 unspecified atom stereocenters. The number of carboxylic acids is 1. The fraction of sp³-hybridized carbons (Fsp3) is 0.611. The molecule has 1 aromatic rings. The van der Waals surface area contributed by atoms with Crippen molar-refractivity contribution in [2.45, 2.75) is 71.1 Å². The first-order chi connectivity index (χ1) is 10.2. The van der Waals surface area contributed by atoms with E-state index < -0.39 is 5.97 Å². The lowest BCUT2D eigenvalue weighted by atomic mass is 10.1. The zero-order valence-corrected chi connectivity index (χ0v) is 13.1. The molecule has 3 heteroatoms. The van der Waals surface area contributed by atoms with Crippen molar-refractivity contribution in [3.63, 3.8) is 0 Å². The summed E-state index contributed by atoms with van der Waals surface area (Å²) in [6.45, 7) is 2.19. The van der Waals surface area contributed by atoms with Gasteiger partial charge in [-0.1, -0.05) is 45.1 Å². The minimum Gasteiger partial charge on any atom is -0.481 e. The minimum atomic E-state index is -0.690. The molecule has 0 aliphatic carbocycles. The van der Waals surface area contributed by atoms with Gasteiger partial charge in [-0.15, -0.1) is 0 Å². The van der Waals surface area contributed by atoms with Crippen molar-refractivity contribution in [1.82, 2.24) is 0 Å². The van der Waals surface area contributed by atoms with E-state index in [2.05, 4.69) is 25.1 Å². The van der Waals surface area contributed by atoms with E-state index in [0.29, 0.717) is 6.42 Å². The van der Waals surface area contributed by atoms with Crippen LogP contribution in [0.4, 0.5) is 0 Å². The van der Waals surface area contributed by atoms with Gasteiger partial charge in [0.2, 0.25) is 0 Å². The third-order valence-electron chi connectivity index (χ3n) is 3.50. The molecular formula is C18H28O3. The predicted molar refractivity (Wildman–Crippen MR) is 86.3 cm³/mol. The zero-order chi connectivity index (χ0) is 15.3. The van der Waals surface area contributed by atoms with Crippen LogP contribution in [0.1, 0.15) is 76.2 Å². The molecule has 1 aromatic heterocycles. The Morgan fingerprint density at radius 3 is 2.67 bits per heavy atom. The predicted octanol–water partition coefficient (Wildman–Crippen LogP) is 5.45. The Morgan fingerprint density at radius 2 is 1.90 bits per heavy atom. The highest BCUT2D eigenvalue weighted by molar-refractivity contribution is 5.66. The molecule has 0 aliphatic heterocycles. The summed E-state index contributed by atoms with van der Waals surface area (Å²) in [6.07, 6.45) is 14.2. The maximum atomic E-state index is 10.4. The quantitative estimate of drug-likeness (QED) is 0.521. The summed E-state index contributed by atoms with van der Waals surface area (Å²) >= 11 is 0. The average Bonchev–Trinajstić information content (AvgIpc) is 2.90. The monoisotopic (exact) mass is 292 g/mol. The van der Waals surface area contributed by atoms with Crippen LogP contribution < -0.4 is 0 Å². The summed E-state index contributed by atoms with van der Waals surface area (Å²) in [5.74, 6) is 1.31. The van der Waals surface area contributed by atoms with Gasteiger partial charge in [0.05, 0.1) is 0 Å². The highest BCUT2D eigenvalue weighted by atomic mass is 16.4. The second-order valence-corrected chi connectivity index (χ2v) is 5.51. The van der Waals surface area contributed by atoms with Gasteiger partial charge >= 0.3 is 5.97 Å². The number of hydrogen-bond donors (Lipinski definition) is 1. The van der Waals surface area contributed by atoms with E-state index >= 15 is 0 Å². The number of allylic oxidation sites excluding steroid dienone is 1. The van der Waals surface area contributed by atoms with Crippen LogP contribution in [0, 0.1) is 0 Å². The molecule has 1 heterocycles. The van der Waals surface area contributed by atoms with Gasteiger partial charge in [-0.3, -0.25) is 4.79 Å². The lowest BCUT2D eigenvalue weighted by Gasteiger charge is -1.99. The summed E-state index contributed by atoms with van der Waals surface area (Å²) in [7, 11) is 0. The standard InChI is InChI=1S/C18H28O3/c1-2-3-4-8-11-16-14-15-17(21-16)12-9-6-5-7-10-13-18(19)20/h8,11,14-15H,2-7,9-10,12-13H2,1H3,(H,19,20)/b11-8+. The highest BCUT2D eigenvalue weighted by Crippen LogP contribution is 2.14. The molecule has 0 saturated heterocycles. The van der Waals surface area contributed by atoms with Crippen LogP contribution in [-0.2, 0) is 11.2 Å². The molecule has 0 fully saturated rings. The smallest absolute Gasteiger partial charge is 0.303 e. The molecular weight excluding hydrogens is 264 g/mol. The first kappa shape index (κ1) is 17.5. The van der Waals surface area contributed by atoms with Crippen LogP contribution in [-0.4, -0.2) is 11.1 Å². The van der Waals surface area contributed by atoms with Crippen LogP contribution in [0.3, 0.4) is 0 Å². The maximum absolute atomic E-state index is 10.4. The molecule has 118 valence electrons. The fourth-order valence-corrected chi connectivity index (χ4v) is 2.25. The molecule has 21 heavy (non-hydrogen) atoms. The summed E-state index contributed by atoms with van der Waals surface area (Å²) in [5, 5.41) is 8.54. The Labute approximate surface area is 128 Å². The van der Waals surface area contributed by atoms with Crippen molar-refractivity contribution in [3.05, 3.63) is 29.7 Å². The van der Waals surface area contributed by atoms with Crippen molar-refractivity contribution >= 4 is 12.0 Å². The maximum Gasteiger partial charge on any atom is 0.303 e. The van der Waals surface area contributed by atoms with E-state index in [4.69, 9.17) is 9.52 Å². The second kappa shape index (κ2) is 11.2. The molecule has 0 aliphatic rings. The number of aryl methyl sites for hydroxylation is 1. The van der Waals surface area contributed by atoms with E-state index in [1.165, 1.54) is 12.8 Å². The molecule has 1 N–H and O–H groups in total. The van der Waals surface area contributed by atoms with Gasteiger partial charge in [0, 0.05) is 12.8 Å². The topological polar surface area (TPSA) is 50.4 Å². The Balaban J connectivity index is 2.09. The van der Waals surface area contributed by atoms with Gasteiger partial charge < -0.3 is 9.52 Å². The number of rotatable bonds is 12. The van der Waals surface area contributed by atoms with Crippen LogP contribution in [0.2, 0.25) is 0 Å². The molecule has 0 aromatic carbocycles. The summed E-state index contributed by atoms with van der Waals surface area (Å²) in [5.41, 5.74) is 0. The number of hydrogen-bond acceptors (Lipinski definition) is 2. The zero-order valence-electron chi connectivity index (χ0n) is 13.1. The SMILES string of the molecule is CCCC/C=C/c1ccc(CCCCCCCC(=O)O)o1. The third kappa shape index (κ3) is 9.11. The van der Waals surface area contributed by atoms with Crippen molar-refractivity contribution < 1.29 is 14.3 Å². The van der Waals surface area contributed by atoms with Gasteiger partial charge in [0.25, 0.3) is 0 Å². The first-order valence-corrected chi connectivity index (χ1v) is 8.19. The average molecular weight is 292 g/mol. The molecule has 0 atom stereocenters. The van der Waals surface area contributed by atoms with Crippen molar-refractivity contribution in [2.24, 2.45) is 0 Å². The number of furan rings is 1. The van der Waals surface area contributed by atoms with Gasteiger partial charge in [0.1, 0.15) is 11.5 Å². The van der Waals surface area contributed by atoms with E-state index in [9.17, 15) is 4.79 Å². The largest absolute Gasteiger partial charge is 0.481 e. The van der Waals surface area contributed by atoms with Crippen LogP contribution in [0.15, 0.2) is 22.6 Å². The fourth-order valence-electron chi connectivity index (χ4n) is 2.25. The van der Waals surface area contributed by atoms with Crippen LogP contribution >= 0.6 is 0 Å². The Morgan fingerprint density at radius 1 is 1.14 bits per heavy atom. The van der Waals surface area contributed by atoms with Crippen molar-refractivity contribution in [1.29, 1.82) is 0 Å². The molecule has 1 rings (SSSR count). The lowest BCUT2D eigenvalue weighted by Crippen LogP contribution is -1.93. The molecule has 0 saturated carbocycles. The molecule has 0 radical (unpaired) electrons. The summed E-state index contributed by atoms with van der Waals surface area (Å²) < 4.78 is 5.76. The Hall–Kier alpha value is -1.51. The van der Waals surface area contributed by atoms with Crippen molar-refractivity contribution in [3.8, 4) is 0 Å².